The number of hydrogen-bond donors (Lipinski definition) is 2. The first-order valence-electron chi connectivity index (χ1n) is 6.51. The lowest BCUT2D eigenvalue weighted by atomic mass is 9.97. The molecule has 0 saturated heterocycles. The Bertz CT molecular complexity index is 375. The van der Waals surface area contributed by atoms with Gasteiger partial charge in [0, 0.05) is 6.92 Å². The highest BCUT2D eigenvalue weighted by Crippen LogP contribution is 2.31. The van der Waals surface area contributed by atoms with E-state index in [1.807, 2.05) is 13.8 Å². The van der Waals surface area contributed by atoms with Gasteiger partial charge in [-0.2, -0.15) is 0 Å². The zero-order chi connectivity index (χ0) is 14.6. The molecule has 1 unspecified atom stereocenters. The zero-order valence-electron chi connectivity index (χ0n) is 11.6. The molecule has 1 atom stereocenters. The maximum atomic E-state index is 12.2. The lowest BCUT2D eigenvalue weighted by molar-refractivity contribution is -0.147. The molecule has 1 rings (SSSR count). The van der Waals surface area contributed by atoms with Crippen molar-refractivity contribution in [2.24, 2.45) is 5.92 Å². The zero-order valence-corrected chi connectivity index (χ0v) is 12.4. The third-order valence-electron chi connectivity index (χ3n) is 3.39. The first-order chi connectivity index (χ1) is 8.78. The van der Waals surface area contributed by atoms with E-state index in [0.29, 0.717) is 12.8 Å². The van der Waals surface area contributed by atoms with Gasteiger partial charge in [0.1, 0.15) is 5.54 Å². The fourth-order valence-electron chi connectivity index (χ4n) is 2.35. The molecule has 1 amide bonds. The van der Waals surface area contributed by atoms with Crippen molar-refractivity contribution in [3.63, 3.8) is 0 Å². The number of carboxylic acid groups (broad SMARTS) is 1. The molecule has 0 aromatic rings. The first-order valence-corrected chi connectivity index (χ1v) is 7.39. The normalized spacial score (nSPS) is 19.2. The van der Waals surface area contributed by atoms with Crippen molar-refractivity contribution in [1.29, 1.82) is 0 Å². The van der Waals surface area contributed by atoms with Crippen LogP contribution in [-0.2, 0) is 14.4 Å². The van der Waals surface area contributed by atoms with Gasteiger partial charge in [-0.3, -0.25) is 9.59 Å². The SMILES string of the molecule is CC(=O)SC(C(=O)NC1(C(=O)O)CCCC1)C(C)C. The van der Waals surface area contributed by atoms with Gasteiger partial charge in [-0.15, -0.1) is 0 Å². The van der Waals surface area contributed by atoms with E-state index < -0.39 is 16.8 Å². The molecule has 5 nitrogen and oxygen atoms in total. The standard InChI is InChI=1S/C13H21NO4S/c1-8(2)10(19-9(3)15)11(16)14-13(12(17)18)6-4-5-7-13/h8,10H,4-7H2,1-3H3,(H,14,16)(H,17,18). The van der Waals surface area contributed by atoms with Crippen LogP contribution in [-0.4, -0.2) is 32.9 Å². The average molecular weight is 287 g/mol. The van der Waals surface area contributed by atoms with E-state index in [2.05, 4.69) is 5.32 Å². The Morgan fingerprint density at radius 2 is 1.74 bits per heavy atom. The van der Waals surface area contributed by atoms with E-state index in [-0.39, 0.29) is 16.9 Å². The topological polar surface area (TPSA) is 83.5 Å². The predicted octanol–water partition coefficient (Wildman–Crippen LogP) is 1.80. The second-order valence-electron chi connectivity index (χ2n) is 5.36. The summed E-state index contributed by atoms with van der Waals surface area (Å²) < 4.78 is 0. The van der Waals surface area contributed by atoms with Gasteiger partial charge in [-0.1, -0.05) is 38.5 Å². The Kier molecular flexibility index (Phi) is 5.40. The third-order valence-corrected chi connectivity index (χ3v) is 4.73. The van der Waals surface area contributed by atoms with Crippen molar-refractivity contribution < 1.29 is 19.5 Å². The molecule has 0 bridgehead atoms. The van der Waals surface area contributed by atoms with Gasteiger partial charge < -0.3 is 10.4 Å². The number of nitrogens with one attached hydrogen (secondary N) is 1. The number of carbonyl (C=O) groups is 3. The molecule has 0 aliphatic heterocycles. The quantitative estimate of drug-likeness (QED) is 0.805. The minimum absolute atomic E-state index is 0.0267. The summed E-state index contributed by atoms with van der Waals surface area (Å²) in [5, 5.41) is 11.3. The molecule has 0 aromatic heterocycles. The highest BCUT2D eigenvalue weighted by molar-refractivity contribution is 8.14. The van der Waals surface area contributed by atoms with Crippen LogP contribution in [0.2, 0.25) is 0 Å². The van der Waals surface area contributed by atoms with Crippen LogP contribution in [0.4, 0.5) is 0 Å². The number of carboxylic acids is 1. The summed E-state index contributed by atoms with van der Waals surface area (Å²) in [5.41, 5.74) is -1.14. The van der Waals surface area contributed by atoms with E-state index in [1.165, 1.54) is 6.92 Å². The van der Waals surface area contributed by atoms with Crippen molar-refractivity contribution in [2.45, 2.75) is 57.2 Å². The average Bonchev–Trinajstić information content (AvgIpc) is 2.74. The van der Waals surface area contributed by atoms with Crippen molar-refractivity contribution >= 4 is 28.8 Å². The van der Waals surface area contributed by atoms with E-state index in [9.17, 15) is 19.5 Å². The molecule has 0 heterocycles. The molecule has 2 N–H and O–H groups in total. The maximum Gasteiger partial charge on any atom is 0.329 e. The number of hydrogen-bond acceptors (Lipinski definition) is 4. The summed E-state index contributed by atoms with van der Waals surface area (Å²) in [6, 6.07) is 0. The van der Waals surface area contributed by atoms with Crippen LogP contribution < -0.4 is 5.32 Å². The highest BCUT2D eigenvalue weighted by atomic mass is 32.2. The van der Waals surface area contributed by atoms with Crippen LogP contribution in [0.1, 0.15) is 46.5 Å². The molecule has 0 spiro atoms. The molecular formula is C13H21NO4S. The summed E-state index contributed by atoms with van der Waals surface area (Å²) in [4.78, 5) is 34.8. The largest absolute Gasteiger partial charge is 0.480 e. The van der Waals surface area contributed by atoms with Gasteiger partial charge in [0.2, 0.25) is 5.91 Å². The molecule has 19 heavy (non-hydrogen) atoms. The number of rotatable bonds is 5. The molecule has 0 aromatic carbocycles. The summed E-state index contributed by atoms with van der Waals surface area (Å²) in [6.45, 7) is 5.11. The summed E-state index contributed by atoms with van der Waals surface area (Å²) in [7, 11) is 0. The third kappa shape index (κ3) is 3.96. The lowest BCUT2D eigenvalue weighted by Crippen LogP contribution is -2.55. The van der Waals surface area contributed by atoms with Gasteiger partial charge in [0.05, 0.1) is 5.25 Å². The van der Waals surface area contributed by atoms with E-state index in [0.717, 1.165) is 24.6 Å². The molecule has 1 fully saturated rings. The second-order valence-corrected chi connectivity index (χ2v) is 6.68. The number of aliphatic carboxylic acids is 1. The molecule has 1 aliphatic rings. The van der Waals surface area contributed by atoms with Crippen LogP contribution >= 0.6 is 11.8 Å². The van der Waals surface area contributed by atoms with Crippen molar-refractivity contribution in [3.05, 3.63) is 0 Å². The van der Waals surface area contributed by atoms with Gasteiger partial charge >= 0.3 is 5.97 Å². The van der Waals surface area contributed by atoms with Crippen LogP contribution in [0.3, 0.4) is 0 Å². The molecule has 6 heteroatoms. The van der Waals surface area contributed by atoms with Crippen molar-refractivity contribution in [3.8, 4) is 0 Å². The molecule has 1 aliphatic carbocycles. The Labute approximate surface area is 117 Å². The second kappa shape index (κ2) is 6.41. The van der Waals surface area contributed by atoms with Crippen molar-refractivity contribution in [2.75, 3.05) is 0 Å². The lowest BCUT2D eigenvalue weighted by Gasteiger charge is -2.28. The Morgan fingerprint density at radius 1 is 1.21 bits per heavy atom. The van der Waals surface area contributed by atoms with Crippen molar-refractivity contribution in [1.82, 2.24) is 5.32 Å². The smallest absolute Gasteiger partial charge is 0.329 e. The van der Waals surface area contributed by atoms with Crippen LogP contribution in [0.15, 0.2) is 0 Å². The maximum absolute atomic E-state index is 12.2. The fourth-order valence-corrected chi connectivity index (χ4v) is 3.14. The molecule has 1 saturated carbocycles. The Balaban J connectivity index is 2.80. The number of thioether (sulfide) groups is 1. The summed E-state index contributed by atoms with van der Waals surface area (Å²) in [6.07, 6.45) is 2.53. The van der Waals surface area contributed by atoms with Crippen LogP contribution in [0.5, 0.6) is 0 Å². The van der Waals surface area contributed by atoms with Crippen LogP contribution in [0.25, 0.3) is 0 Å². The molecule has 0 radical (unpaired) electrons. The minimum atomic E-state index is -1.14. The molecule has 108 valence electrons. The molecular weight excluding hydrogens is 266 g/mol. The van der Waals surface area contributed by atoms with E-state index >= 15 is 0 Å². The Hall–Kier alpha value is -1.04. The predicted molar refractivity (Wildman–Crippen MR) is 73.9 cm³/mol. The van der Waals surface area contributed by atoms with Crippen LogP contribution in [0, 0.1) is 5.92 Å². The van der Waals surface area contributed by atoms with E-state index in [1.54, 1.807) is 0 Å². The summed E-state index contributed by atoms with van der Waals surface area (Å²) >= 11 is 0.966. The minimum Gasteiger partial charge on any atom is -0.480 e. The first kappa shape index (κ1) is 16.0. The number of amides is 1. The number of carbonyl (C=O) groups excluding carboxylic acids is 2. The van der Waals surface area contributed by atoms with Gasteiger partial charge in [0.15, 0.2) is 5.12 Å². The highest BCUT2D eigenvalue weighted by Gasteiger charge is 2.44. The van der Waals surface area contributed by atoms with Gasteiger partial charge in [0.25, 0.3) is 0 Å². The Morgan fingerprint density at radius 3 is 2.11 bits per heavy atom. The van der Waals surface area contributed by atoms with E-state index in [4.69, 9.17) is 0 Å². The van der Waals surface area contributed by atoms with Gasteiger partial charge in [-0.05, 0) is 18.8 Å². The fraction of sp³-hybridized carbons (Fsp3) is 0.769. The summed E-state index contributed by atoms with van der Waals surface area (Å²) in [5.74, 6) is -1.35. The monoisotopic (exact) mass is 287 g/mol. The van der Waals surface area contributed by atoms with Gasteiger partial charge in [-0.25, -0.2) is 4.79 Å².